The van der Waals surface area contributed by atoms with Crippen LogP contribution >= 0.6 is 0 Å². The molecule has 0 aromatic carbocycles. The first-order valence-corrected chi connectivity index (χ1v) is 24.0. The Morgan fingerprint density at radius 3 is 1.58 bits per heavy atom. The summed E-state index contributed by atoms with van der Waals surface area (Å²) in [7, 11) is 0. The predicted octanol–water partition coefficient (Wildman–Crippen LogP) is 5.87. The Morgan fingerprint density at radius 2 is 0.985 bits per heavy atom. The minimum atomic E-state index is -1.78. The summed E-state index contributed by atoms with van der Waals surface area (Å²) in [4.78, 5) is 25.6. The van der Waals surface area contributed by atoms with Gasteiger partial charge in [0.1, 0.15) is 55.4 Å². The third-order valence-corrected chi connectivity index (χ3v) is 10.9. The van der Waals surface area contributed by atoms with Crippen molar-refractivity contribution < 1.29 is 73.8 Å². The van der Waals surface area contributed by atoms with Gasteiger partial charge in [-0.15, -0.1) is 0 Å². The molecule has 0 aromatic heterocycles. The molecule has 0 aromatic rings. The number of ether oxygens (including phenoxy) is 6. The minimum Gasteiger partial charge on any atom is -0.462 e. The van der Waals surface area contributed by atoms with Crippen molar-refractivity contribution in [3.63, 3.8) is 0 Å². The fourth-order valence-electron chi connectivity index (χ4n) is 6.95. The SMILES string of the molecule is CC/C=C/C/C=C/C/C=C/C/C=C/C/C=C/CCCC(=O)OC[C@@H](CO[C@@H]1O[C@H](CO[C@@H]2O[C@H](CO)[C@H](O)C(O)C2O)[C@H](O)C(O)C1O)OC(=O)CCCCCCC/C=C/CCCCC. The molecule has 0 saturated carbocycles. The van der Waals surface area contributed by atoms with Gasteiger partial charge in [0, 0.05) is 12.8 Å². The third kappa shape index (κ3) is 25.6. The molecule has 2 rings (SSSR count). The number of aliphatic hydroxyl groups is 7. The van der Waals surface area contributed by atoms with Crippen LogP contribution in [0.1, 0.15) is 136 Å². The smallest absolute Gasteiger partial charge is 0.306 e. The highest BCUT2D eigenvalue weighted by Crippen LogP contribution is 2.26. The standard InChI is InChI=1S/C50H82O15/c1-3-5-7-9-11-13-15-17-18-19-20-21-23-24-26-28-30-32-41(52)60-35-38(63-42(53)33-31-29-27-25-22-16-14-12-10-8-6-4-2)36-61-49-48(59)46(57)44(55)40(65-49)37-62-50-47(58)45(56)43(54)39(34-51)64-50/h5,7,11-14,17-18,20-21,24,26,38-40,43-51,54-59H,3-4,6,8-10,15-16,19,22-23,25,27-37H2,1-2H3/b7-5+,13-11+,14-12+,18-17+,21-20+,26-24+/t38-,39+,40+,43-,44-,45?,46?,47?,48?,49+,50+/m0/s1. The lowest BCUT2D eigenvalue weighted by molar-refractivity contribution is -0.332. The van der Waals surface area contributed by atoms with Crippen LogP contribution in [0.25, 0.3) is 0 Å². The molecule has 4 unspecified atom stereocenters. The van der Waals surface area contributed by atoms with Crippen molar-refractivity contribution in [2.75, 3.05) is 26.4 Å². The maximum Gasteiger partial charge on any atom is 0.306 e. The van der Waals surface area contributed by atoms with E-state index >= 15 is 0 Å². The lowest BCUT2D eigenvalue weighted by atomic mass is 9.98. The van der Waals surface area contributed by atoms with E-state index in [9.17, 15) is 45.3 Å². The van der Waals surface area contributed by atoms with Crippen molar-refractivity contribution in [1.82, 2.24) is 0 Å². The number of carbonyl (C=O) groups is 2. The minimum absolute atomic E-state index is 0.134. The van der Waals surface area contributed by atoms with Crippen LogP contribution in [-0.4, -0.2) is 142 Å². The van der Waals surface area contributed by atoms with E-state index in [0.29, 0.717) is 19.3 Å². The van der Waals surface area contributed by atoms with E-state index in [1.807, 2.05) is 12.2 Å². The number of allylic oxidation sites excluding steroid dienone is 12. The van der Waals surface area contributed by atoms with Gasteiger partial charge in [-0.1, -0.05) is 119 Å². The van der Waals surface area contributed by atoms with Gasteiger partial charge in [-0.2, -0.15) is 0 Å². The summed E-state index contributed by atoms with van der Waals surface area (Å²) in [6.07, 6.45) is 25.2. The highest BCUT2D eigenvalue weighted by atomic mass is 16.7. The zero-order valence-corrected chi connectivity index (χ0v) is 38.9. The van der Waals surface area contributed by atoms with Crippen molar-refractivity contribution >= 4 is 11.9 Å². The Kier molecular flexibility index (Phi) is 33.0. The molecular formula is C50H82O15. The zero-order chi connectivity index (χ0) is 47.5. The van der Waals surface area contributed by atoms with Crippen molar-refractivity contribution in [1.29, 1.82) is 0 Å². The second kappa shape index (κ2) is 37.0. The van der Waals surface area contributed by atoms with Crippen LogP contribution in [-0.2, 0) is 38.0 Å². The fourth-order valence-corrected chi connectivity index (χ4v) is 6.95. The Labute approximate surface area is 387 Å². The maximum atomic E-state index is 12.9. The lowest BCUT2D eigenvalue weighted by Crippen LogP contribution is -2.61. The quantitative estimate of drug-likeness (QED) is 0.0224. The van der Waals surface area contributed by atoms with Crippen molar-refractivity contribution in [2.45, 2.75) is 203 Å². The topological polar surface area (TPSA) is 231 Å². The number of hydrogen-bond donors (Lipinski definition) is 7. The molecule has 0 amide bonds. The first kappa shape index (κ1) is 58.1. The number of esters is 2. The van der Waals surface area contributed by atoms with Crippen LogP contribution in [0.5, 0.6) is 0 Å². The molecule has 372 valence electrons. The van der Waals surface area contributed by atoms with Gasteiger partial charge in [-0.3, -0.25) is 9.59 Å². The summed E-state index contributed by atoms with van der Waals surface area (Å²) < 4.78 is 33.4. The average Bonchev–Trinajstić information content (AvgIpc) is 3.30. The number of hydrogen-bond acceptors (Lipinski definition) is 15. The van der Waals surface area contributed by atoms with Gasteiger partial charge in [-0.05, 0) is 77.0 Å². The average molecular weight is 923 g/mol. The molecule has 2 aliphatic heterocycles. The Bertz CT molecular complexity index is 1410. The van der Waals surface area contributed by atoms with E-state index in [4.69, 9.17) is 28.4 Å². The molecule has 2 heterocycles. The van der Waals surface area contributed by atoms with Crippen LogP contribution in [0.2, 0.25) is 0 Å². The molecule has 11 atom stereocenters. The summed E-state index contributed by atoms with van der Waals surface area (Å²) in [5.41, 5.74) is 0. The maximum absolute atomic E-state index is 12.9. The van der Waals surface area contributed by atoms with Crippen LogP contribution < -0.4 is 0 Å². The van der Waals surface area contributed by atoms with E-state index in [2.05, 4.69) is 74.6 Å². The van der Waals surface area contributed by atoms with Gasteiger partial charge in [0.25, 0.3) is 0 Å². The summed E-state index contributed by atoms with van der Waals surface area (Å²) in [5, 5.41) is 71.9. The van der Waals surface area contributed by atoms with Crippen LogP contribution in [0, 0.1) is 0 Å². The molecule has 0 radical (unpaired) electrons. The van der Waals surface area contributed by atoms with E-state index in [0.717, 1.165) is 70.6 Å². The second-order valence-electron chi connectivity index (χ2n) is 16.5. The van der Waals surface area contributed by atoms with Crippen LogP contribution in [0.15, 0.2) is 72.9 Å². The molecule has 15 heteroatoms. The molecule has 0 bridgehead atoms. The Balaban J connectivity index is 1.86. The number of carbonyl (C=O) groups excluding carboxylic acids is 2. The summed E-state index contributed by atoms with van der Waals surface area (Å²) in [6, 6.07) is 0. The largest absolute Gasteiger partial charge is 0.462 e. The normalized spacial score (nSPS) is 27.0. The lowest BCUT2D eigenvalue weighted by Gasteiger charge is -2.42. The van der Waals surface area contributed by atoms with Crippen LogP contribution in [0.4, 0.5) is 0 Å². The molecule has 2 aliphatic rings. The summed E-state index contributed by atoms with van der Waals surface area (Å²) >= 11 is 0. The van der Waals surface area contributed by atoms with Crippen molar-refractivity contribution in [2.24, 2.45) is 0 Å². The van der Waals surface area contributed by atoms with Crippen molar-refractivity contribution in [3.8, 4) is 0 Å². The first-order chi connectivity index (χ1) is 31.5. The third-order valence-electron chi connectivity index (χ3n) is 10.9. The number of unbranched alkanes of at least 4 members (excludes halogenated alkanes) is 9. The zero-order valence-electron chi connectivity index (χ0n) is 38.9. The van der Waals surface area contributed by atoms with Gasteiger partial charge in [0.2, 0.25) is 0 Å². The molecule has 15 nitrogen and oxygen atoms in total. The van der Waals surface area contributed by atoms with E-state index in [1.165, 1.54) is 19.3 Å². The molecule has 2 saturated heterocycles. The monoisotopic (exact) mass is 923 g/mol. The van der Waals surface area contributed by atoms with Crippen LogP contribution in [0.3, 0.4) is 0 Å². The number of rotatable bonds is 35. The van der Waals surface area contributed by atoms with Gasteiger partial charge in [0.05, 0.1) is 19.8 Å². The molecule has 0 aliphatic carbocycles. The van der Waals surface area contributed by atoms with E-state index < -0.39 is 99.3 Å². The molecule has 0 spiro atoms. The van der Waals surface area contributed by atoms with Gasteiger partial charge < -0.3 is 64.2 Å². The van der Waals surface area contributed by atoms with Gasteiger partial charge >= 0.3 is 11.9 Å². The molecule has 65 heavy (non-hydrogen) atoms. The predicted molar refractivity (Wildman–Crippen MR) is 247 cm³/mol. The van der Waals surface area contributed by atoms with Gasteiger partial charge in [0.15, 0.2) is 18.7 Å². The molecular weight excluding hydrogens is 841 g/mol. The first-order valence-electron chi connectivity index (χ1n) is 24.0. The Morgan fingerprint density at radius 1 is 0.508 bits per heavy atom. The fraction of sp³-hybridized carbons (Fsp3) is 0.720. The molecule has 2 fully saturated rings. The molecule has 7 N–H and O–H groups in total. The Hall–Kier alpha value is -3.06. The highest BCUT2D eigenvalue weighted by Gasteiger charge is 2.47. The summed E-state index contributed by atoms with van der Waals surface area (Å²) in [5.74, 6) is -1.01. The van der Waals surface area contributed by atoms with E-state index in [1.54, 1.807) is 0 Å². The van der Waals surface area contributed by atoms with Gasteiger partial charge in [-0.25, -0.2) is 0 Å². The van der Waals surface area contributed by atoms with E-state index in [-0.39, 0.29) is 19.4 Å². The summed E-state index contributed by atoms with van der Waals surface area (Å²) in [6.45, 7) is 2.35. The second-order valence-corrected chi connectivity index (χ2v) is 16.5. The van der Waals surface area contributed by atoms with Crippen molar-refractivity contribution in [3.05, 3.63) is 72.9 Å². The number of aliphatic hydroxyl groups excluding tert-OH is 7. The highest BCUT2D eigenvalue weighted by molar-refractivity contribution is 5.70.